The number of nitrogens with two attached hydrogens (primary N) is 2. The van der Waals surface area contributed by atoms with Crippen LogP contribution in [0.25, 0.3) is 0 Å². The van der Waals surface area contributed by atoms with Crippen LogP contribution in [0.4, 0.5) is 0 Å². The molecule has 0 spiro atoms. The lowest BCUT2D eigenvalue weighted by atomic mass is 9.98. The number of unbranched alkanes of at least 4 members (excludes halogenated alkanes) is 1. The molecule has 10 N–H and O–H groups in total. The standard InChI is InChI=1S/C24H46N6O7/c1-6-14(4)19(26)23(35)28-16(9-7-8-10-25)21(33)29-17(11-13(2)3)22(34)27-15(5)20(32)30-18(12-31)24(36)37/h13-19,31H,6-12,25-26H2,1-5H3,(H,27,34)(H,28,35)(H,29,33)(H,30,32)(H,36,37)/t14-,15-,16-,17-,18-,19-/m0/s1. The zero-order chi connectivity index (χ0) is 28.7. The van der Waals surface area contributed by atoms with Gasteiger partial charge in [0.05, 0.1) is 12.6 Å². The summed E-state index contributed by atoms with van der Waals surface area (Å²) in [6.07, 6.45) is 2.45. The number of carboxylic acid groups (broad SMARTS) is 1. The summed E-state index contributed by atoms with van der Waals surface area (Å²) in [4.78, 5) is 62.1. The maximum absolute atomic E-state index is 13.2. The molecule has 37 heavy (non-hydrogen) atoms. The van der Waals surface area contributed by atoms with Gasteiger partial charge in [0, 0.05) is 0 Å². The molecule has 0 fully saturated rings. The number of aliphatic carboxylic acids is 1. The third-order valence-electron chi connectivity index (χ3n) is 6.03. The minimum Gasteiger partial charge on any atom is -0.480 e. The molecule has 0 rings (SSSR count). The molecule has 0 aromatic heterocycles. The summed E-state index contributed by atoms with van der Waals surface area (Å²) < 4.78 is 0. The van der Waals surface area contributed by atoms with Crippen molar-refractivity contribution in [2.45, 2.75) is 96.9 Å². The van der Waals surface area contributed by atoms with Crippen LogP contribution in [0.15, 0.2) is 0 Å². The van der Waals surface area contributed by atoms with Gasteiger partial charge in [0.15, 0.2) is 0 Å². The van der Waals surface area contributed by atoms with E-state index in [9.17, 15) is 24.0 Å². The Labute approximate surface area is 218 Å². The van der Waals surface area contributed by atoms with Gasteiger partial charge in [-0.3, -0.25) is 19.2 Å². The zero-order valence-corrected chi connectivity index (χ0v) is 22.6. The number of carboxylic acids is 1. The number of rotatable bonds is 18. The Hall–Kier alpha value is -2.77. The maximum atomic E-state index is 13.2. The topological polar surface area (TPSA) is 226 Å². The van der Waals surface area contributed by atoms with Crippen molar-refractivity contribution >= 4 is 29.6 Å². The molecule has 0 aromatic rings. The summed E-state index contributed by atoms with van der Waals surface area (Å²) in [6.45, 7) is 8.42. The Morgan fingerprint density at radius 2 is 1.32 bits per heavy atom. The molecule has 0 aliphatic rings. The molecule has 0 saturated carbocycles. The molecule has 0 aromatic carbocycles. The summed E-state index contributed by atoms with van der Waals surface area (Å²) in [6, 6.07) is -5.40. The molecule has 0 aliphatic heterocycles. The highest BCUT2D eigenvalue weighted by Gasteiger charge is 2.31. The van der Waals surface area contributed by atoms with Crippen LogP contribution in [-0.4, -0.2) is 83.2 Å². The van der Waals surface area contributed by atoms with E-state index >= 15 is 0 Å². The van der Waals surface area contributed by atoms with Crippen molar-refractivity contribution in [3.63, 3.8) is 0 Å². The van der Waals surface area contributed by atoms with Crippen LogP contribution in [0.3, 0.4) is 0 Å². The molecule has 0 unspecified atom stereocenters. The van der Waals surface area contributed by atoms with E-state index in [1.54, 1.807) is 0 Å². The zero-order valence-electron chi connectivity index (χ0n) is 22.6. The molecule has 0 aliphatic carbocycles. The first-order valence-corrected chi connectivity index (χ1v) is 12.8. The second-order valence-electron chi connectivity index (χ2n) is 9.76. The lowest BCUT2D eigenvalue weighted by Gasteiger charge is -2.27. The SMILES string of the molecule is CC[C@H](C)[C@H](N)C(=O)N[C@@H](CCCCN)C(=O)N[C@@H](CC(C)C)C(=O)N[C@@H](C)C(=O)N[C@@H](CO)C(=O)O. The third kappa shape index (κ3) is 12.8. The molecule has 0 radical (unpaired) electrons. The van der Waals surface area contributed by atoms with E-state index in [0.29, 0.717) is 32.2 Å². The van der Waals surface area contributed by atoms with Crippen LogP contribution in [-0.2, 0) is 24.0 Å². The fraction of sp³-hybridized carbons (Fsp3) is 0.792. The van der Waals surface area contributed by atoms with Crippen molar-refractivity contribution in [3.8, 4) is 0 Å². The van der Waals surface area contributed by atoms with Gasteiger partial charge in [-0.2, -0.15) is 0 Å². The predicted molar refractivity (Wildman–Crippen MR) is 138 cm³/mol. The van der Waals surface area contributed by atoms with E-state index in [1.165, 1.54) is 6.92 Å². The average Bonchev–Trinajstić information content (AvgIpc) is 2.84. The van der Waals surface area contributed by atoms with Gasteiger partial charge in [0.1, 0.15) is 24.2 Å². The number of carbonyl (C=O) groups is 5. The quantitative estimate of drug-likeness (QED) is 0.0970. The van der Waals surface area contributed by atoms with E-state index in [4.69, 9.17) is 21.7 Å². The van der Waals surface area contributed by atoms with Gasteiger partial charge in [0.25, 0.3) is 0 Å². The van der Waals surface area contributed by atoms with Crippen LogP contribution in [0, 0.1) is 11.8 Å². The first-order chi connectivity index (χ1) is 17.3. The van der Waals surface area contributed by atoms with Crippen molar-refractivity contribution in [1.29, 1.82) is 0 Å². The maximum Gasteiger partial charge on any atom is 0.328 e. The fourth-order valence-electron chi connectivity index (χ4n) is 3.38. The van der Waals surface area contributed by atoms with E-state index in [-0.39, 0.29) is 18.3 Å². The average molecular weight is 531 g/mol. The molecule has 13 nitrogen and oxygen atoms in total. The second-order valence-corrected chi connectivity index (χ2v) is 9.76. The molecule has 4 amide bonds. The van der Waals surface area contributed by atoms with Crippen LogP contribution in [0.1, 0.15) is 66.7 Å². The highest BCUT2D eigenvalue weighted by molar-refractivity contribution is 5.95. The Morgan fingerprint density at radius 3 is 1.81 bits per heavy atom. The molecule has 214 valence electrons. The Bertz CT molecular complexity index is 764. The molecule has 13 heteroatoms. The summed E-state index contributed by atoms with van der Waals surface area (Å²) in [5, 5.41) is 28.0. The van der Waals surface area contributed by atoms with Crippen molar-refractivity contribution < 1.29 is 34.2 Å². The van der Waals surface area contributed by atoms with Gasteiger partial charge in [0.2, 0.25) is 23.6 Å². The molecular weight excluding hydrogens is 484 g/mol. The number of amides is 4. The molecule has 0 bridgehead atoms. The van der Waals surface area contributed by atoms with E-state index < -0.39 is 66.4 Å². The van der Waals surface area contributed by atoms with Gasteiger partial charge in [-0.1, -0.05) is 34.1 Å². The molecule has 0 saturated heterocycles. The van der Waals surface area contributed by atoms with E-state index in [0.717, 1.165) is 0 Å². The summed E-state index contributed by atoms with van der Waals surface area (Å²) >= 11 is 0. The lowest BCUT2D eigenvalue weighted by molar-refractivity contribution is -0.143. The Balaban J connectivity index is 5.50. The van der Waals surface area contributed by atoms with Gasteiger partial charge in [-0.25, -0.2) is 4.79 Å². The molecule has 6 atom stereocenters. The minimum absolute atomic E-state index is 0.00457. The number of carbonyl (C=O) groups excluding carboxylic acids is 4. The normalized spacial score (nSPS) is 16.0. The second kappa shape index (κ2) is 17.6. The largest absolute Gasteiger partial charge is 0.480 e. The number of hydrogen-bond acceptors (Lipinski definition) is 8. The van der Waals surface area contributed by atoms with Crippen molar-refractivity contribution in [2.24, 2.45) is 23.3 Å². The highest BCUT2D eigenvalue weighted by Crippen LogP contribution is 2.10. The van der Waals surface area contributed by atoms with Crippen LogP contribution in [0.2, 0.25) is 0 Å². The highest BCUT2D eigenvalue weighted by atomic mass is 16.4. The number of nitrogens with one attached hydrogen (secondary N) is 4. The molecule has 0 heterocycles. The summed E-state index contributed by atoms with van der Waals surface area (Å²) in [7, 11) is 0. The molecular formula is C24H46N6O7. The number of aliphatic hydroxyl groups excluding tert-OH is 1. The van der Waals surface area contributed by atoms with Gasteiger partial charge in [-0.15, -0.1) is 0 Å². The first kappa shape index (κ1) is 34.2. The van der Waals surface area contributed by atoms with Gasteiger partial charge < -0.3 is 42.9 Å². The third-order valence-corrected chi connectivity index (χ3v) is 6.03. The monoisotopic (exact) mass is 530 g/mol. The smallest absolute Gasteiger partial charge is 0.328 e. The van der Waals surface area contributed by atoms with Crippen LogP contribution < -0.4 is 32.7 Å². The predicted octanol–water partition coefficient (Wildman–Crippen LogP) is -1.43. The van der Waals surface area contributed by atoms with Crippen molar-refractivity contribution in [1.82, 2.24) is 21.3 Å². The lowest BCUT2D eigenvalue weighted by Crippen LogP contribution is -2.58. The number of aliphatic hydroxyl groups is 1. The summed E-state index contributed by atoms with van der Waals surface area (Å²) in [5.41, 5.74) is 11.6. The van der Waals surface area contributed by atoms with Crippen LogP contribution in [0.5, 0.6) is 0 Å². The van der Waals surface area contributed by atoms with Gasteiger partial charge in [-0.05, 0) is 51.0 Å². The van der Waals surface area contributed by atoms with Gasteiger partial charge >= 0.3 is 5.97 Å². The Morgan fingerprint density at radius 1 is 0.784 bits per heavy atom. The fourth-order valence-corrected chi connectivity index (χ4v) is 3.38. The Kier molecular flexibility index (Phi) is 16.3. The minimum atomic E-state index is -1.52. The number of hydrogen-bond donors (Lipinski definition) is 8. The van der Waals surface area contributed by atoms with Crippen molar-refractivity contribution in [2.75, 3.05) is 13.2 Å². The van der Waals surface area contributed by atoms with E-state index in [1.807, 2.05) is 27.7 Å². The summed E-state index contributed by atoms with van der Waals surface area (Å²) in [5.74, 6) is -4.00. The first-order valence-electron chi connectivity index (χ1n) is 12.8. The van der Waals surface area contributed by atoms with Crippen LogP contribution >= 0.6 is 0 Å². The van der Waals surface area contributed by atoms with Crippen molar-refractivity contribution in [3.05, 3.63) is 0 Å². The van der Waals surface area contributed by atoms with E-state index in [2.05, 4.69) is 21.3 Å².